The Bertz CT molecular complexity index is 1010. The lowest BCUT2D eigenvalue weighted by molar-refractivity contribution is -0.384. The number of anilines is 1. The molecule has 2 aromatic rings. The van der Waals surface area contributed by atoms with E-state index in [1.165, 1.54) is 0 Å². The highest BCUT2D eigenvalue weighted by molar-refractivity contribution is 5.69. The van der Waals surface area contributed by atoms with Gasteiger partial charge in [-0.05, 0) is 32.4 Å². The molecule has 0 fully saturated rings. The number of nitro groups is 1. The number of aryl methyl sites for hydroxylation is 1. The van der Waals surface area contributed by atoms with Gasteiger partial charge in [-0.25, -0.2) is 0 Å². The number of methoxy groups -OCH3 is 1. The molecule has 0 saturated heterocycles. The van der Waals surface area contributed by atoms with Gasteiger partial charge in [-0.3, -0.25) is 10.1 Å². The summed E-state index contributed by atoms with van der Waals surface area (Å²) in [4.78, 5) is 12.5. The Hall–Kier alpha value is -3.98. The van der Waals surface area contributed by atoms with Crippen LogP contribution in [0.4, 0.5) is 22.7 Å². The van der Waals surface area contributed by atoms with E-state index in [-0.39, 0.29) is 22.5 Å². The van der Waals surface area contributed by atoms with Gasteiger partial charge >= 0.3 is 0 Å². The summed E-state index contributed by atoms with van der Waals surface area (Å²) in [6.45, 7) is 7.59. The van der Waals surface area contributed by atoms with Crippen molar-refractivity contribution in [2.24, 2.45) is 10.2 Å². The summed E-state index contributed by atoms with van der Waals surface area (Å²) in [6, 6.07) is 9.50. The predicted molar refractivity (Wildman–Crippen MR) is 108 cm³/mol. The first-order chi connectivity index (χ1) is 13.9. The number of benzene rings is 2. The lowest BCUT2D eigenvalue weighted by Gasteiger charge is -2.24. The van der Waals surface area contributed by atoms with Gasteiger partial charge in [-0.1, -0.05) is 0 Å². The fourth-order valence-corrected chi connectivity index (χ4v) is 2.85. The zero-order valence-corrected chi connectivity index (χ0v) is 16.6. The Morgan fingerprint density at radius 2 is 1.69 bits per heavy atom. The molecule has 0 heterocycles. The molecule has 0 bridgehead atoms. The Labute approximate surface area is 168 Å². The van der Waals surface area contributed by atoms with E-state index in [0.717, 1.165) is 36.5 Å². The number of nitro benzene ring substituents is 1. The van der Waals surface area contributed by atoms with Crippen molar-refractivity contribution in [1.82, 2.24) is 0 Å². The largest absolute Gasteiger partial charge is 0.495 e. The number of nitriles is 2. The highest BCUT2D eigenvalue weighted by atomic mass is 16.6. The Balaban J connectivity index is 2.56. The second kappa shape index (κ2) is 9.29. The Morgan fingerprint density at radius 3 is 2.14 bits per heavy atom. The third-order valence-corrected chi connectivity index (χ3v) is 4.41. The summed E-state index contributed by atoms with van der Waals surface area (Å²) in [7, 11) is 1.57. The molecule has 2 aromatic carbocycles. The van der Waals surface area contributed by atoms with E-state index in [4.69, 9.17) is 4.74 Å². The molecule has 0 atom stereocenters. The molecule has 0 unspecified atom stereocenters. The van der Waals surface area contributed by atoms with Gasteiger partial charge in [0.05, 0.1) is 34.5 Å². The van der Waals surface area contributed by atoms with E-state index in [2.05, 4.69) is 15.1 Å². The van der Waals surface area contributed by atoms with E-state index in [0.29, 0.717) is 11.4 Å². The van der Waals surface area contributed by atoms with Crippen LogP contribution in [0.15, 0.2) is 34.5 Å². The average molecular weight is 392 g/mol. The molecule has 0 amide bonds. The summed E-state index contributed by atoms with van der Waals surface area (Å²) in [5.74, 6) is 0.623. The van der Waals surface area contributed by atoms with Crippen LogP contribution in [0.1, 0.15) is 30.5 Å². The summed E-state index contributed by atoms with van der Waals surface area (Å²) in [5, 5.41) is 37.9. The first kappa shape index (κ1) is 21.3. The first-order valence-corrected chi connectivity index (χ1v) is 8.88. The number of ether oxygens (including phenoxy) is 1. The molecule has 2 rings (SSSR count). The van der Waals surface area contributed by atoms with Crippen LogP contribution in [-0.2, 0) is 0 Å². The number of nitrogens with zero attached hydrogens (tertiary/aromatic N) is 6. The van der Waals surface area contributed by atoms with Crippen molar-refractivity contribution in [3.8, 4) is 17.9 Å². The van der Waals surface area contributed by atoms with Gasteiger partial charge in [0.1, 0.15) is 23.6 Å². The van der Waals surface area contributed by atoms with Crippen molar-refractivity contribution in [3.63, 3.8) is 0 Å². The van der Waals surface area contributed by atoms with Gasteiger partial charge in [-0.2, -0.15) is 15.6 Å². The minimum Gasteiger partial charge on any atom is -0.495 e. The van der Waals surface area contributed by atoms with Gasteiger partial charge in [-0.15, -0.1) is 5.11 Å². The van der Waals surface area contributed by atoms with Crippen molar-refractivity contribution in [3.05, 3.63) is 51.1 Å². The molecular weight excluding hydrogens is 372 g/mol. The maximum absolute atomic E-state index is 11.0. The Kier molecular flexibility index (Phi) is 6.83. The molecule has 9 nitrogen and oxygen atoms in total. The maximum atomic E-state index is 11.0. The second-order valence-corrected chi connectivity index (χ2v) is 6.05. The molecular formula is C20H20N6O3. The number of hydrogen-bond donors (Lipinski definition) is 0. The molecule has 0 aliphatic heterocycles. The molecule has 0 aliphatic rings. The van der Waals surface area contributed by atoms with Crippen molar-refractivity contribution in [2.75, 3.05) is 25.1 Å². The lowest BCUT2D eigenvalue weighted by atomic mass is 10.1. The highest BCUT2D eigenvalue weighted by Gasteiger charge is 2.17. The molecule has 0 N–H and O–H groups in total. The van der Waals surface area contributed by atoms with Crippen LogP contribution in [0.5, 0.6) is 5.75 Å². The van der Waals surface area contributed by atoms with Crippen LogP contribution >= 0.6 is 0 Å². The van der Waals surface area contributed by atoms with Gasteiger partial charge < -0.3 is 9.64 Å². The topological polar surface area (TPSA) is 128 Å². The molecule has 0 radical (unpaired) electrons. The quantitative estimate of drug-likeness (QED) is 0.374. The molecule has 0 saturated carbocycles. The van der Waals surface area contributed by atoms with Crippen LogP contribution in [0, 0.1) is 39.7 Å². The predicted octanol–water partition coefficient (Wildman–Crippen LogP) is 4.92. The number of azo groups is 1. The van der Waals surface area contributed by atoms with Crippen molar-refractivity contribution < 1.29 is 9.66 Å². The van der Waals surface area contributed by atoms with E-state index in [1.54, 1.807) is 13.2 Å². The van der Waals surface area contributed by atoms with Crippen LogP contribution in [0.2, 0.25) is 0 Å². The third kappa shape index (κ3) is 4.47. The highest BCUT2D eigenvalue weighted by Crippen LogP contribution is 2.37. The SMILES string of the molecule is CCN(CC)c1cc(C)c(N=Nc2c(C#N)cc([N+](=O)[O-])cc2C#N)cc1OC. The Morgan fingerprint density at radius 1 is 1.10 bits per heavy atom. The minimum absolute atomic E-state index is 0.00761. The molecule has 29 heavy (non-hydrogen) atoms. The number of hydrogen-bond acceptors (Lipinski definition) is 8. The molecule has 148 valence electrons. The van der Waals surface area contributed by atoms with Crippen LogP contribution in [0.25, 0.3) is 0 Å². The van der Waals surface area contributed by atoms with E-state index in [1.807, 2.05) is 39.0 Å². The minimum atomic E-state index is -0.663. The summed E-state index contributed by atoms with van der Waals surface area (Å²) in [5.41, 5.74) is 1.72. The smallest absolute Gasteiger partial charge is 0.272 e. The van der Waals surface area contributed by atoms with Gasteiger partial charge in [0, 0.05) is 31.3 Å². The van der Waals surface area contributed by atoms with Gasteiger partial charge in [0.2, 0.25) is 0 Å². The standard InChI is InChI=1S/C20H20N6O3/c1-5-25(6-2)18-7-13(3)17(10-19(18)29-4)23-24-20-14(11-21)8-16(26(27)28)9-15(20)12-22/h7-10H,5-6H2,1-4H3. The van der Waals surface area contributed by atoms with Crippen molar-refractivity contribution in [1.29, 1.82) is 10.5 Å². The summed E-state index contributed by atoms with van der Waals surface area (Å²) < 4.78 is 5.49. The summed E-state index contributed by atoms with van der Waals surface area (Å²) in [6.07, 6.45) is 0. The first-order valence-electron chi connectivity index (χ1n) is 8.88. The van der Waals surface area contributed by atoms with Crippen LogP contribution in [-0.4, -0.2) is 25.1 Å². The average Bonchev–Trinajstić information content (AvgIpc) is 2.73. The van der Waals surface area contributed by atoms with Crippen LogP contribution < -0.4 is 9.64 Å². The van der Waals surface area contributed by atoms with E-state index >= 15 is 0 Å². The van der Waals surface area contributed by atoms with Crippen molar-refractivity contribution >= 4 is 22.7 Å². The zero-order chi connectivity index (χ0) is 21.6. The van der Waals surface area contributed by atoms with Crippen LogP contribution in [0.3, 0.4) is 0 Å². The van der Waals surface area contributed by atoms with Gasteiger partial charge in [0.15, 0.2) is 0 Å². The lowest BCUT2D eigenvalue weighted by Crippen LogP contribution is -2.22. The normalized spacial score (nSPS) is 10.4. The van der Waals surface area contributed by atoms with E-state index in [9.17, 15) is 20.6 Å². The van der Waals surface area contributed by atoms with Crippen molar-refractivity contribution in [2.45, 2.75) is 20.8 Å². The summed E-state index contributed by atoms with van der Waals surface area (Å²) >= 11 is 0. The fraction of sp³-hybridized carbons (Fsp3) is 0.300. The third-order valence-electron chi connectivity index (χ3n) is 4.41. The maximum Gasteiger partial charge on any atom is 0.272 e. The molecule has 0 spiro atoms. The number of non-ortho nitro benzene ring substituents is 1. The fourth-order valence-electron chi connectivity index (χ4n) is 2.85. The monoisotopic (exact) mass is 392 g/mol. The number of rotatable bonds is 7. The second-order valence-electron chi connectivity index (χ2n) is 6.05. The van der Waals surface area contributed by atoms with E-state index < -0.39 is 4.92 Å². The molecule has 0 aromatic heterocycles. The zero-order valence-electron chi connectivity index (χ0n) is 16.6. The molecule has 9 heteroatoms. The molecule has 0 aliphatic carbocycles. The van der Waals surface area contributed by atoms with Gasteiger partial charge in [0.25, 0.3) is 5.69 Å².